The Bertz CT molecular complexity index is 1210. The van der Waals surface area contributed by atoms with Gasteiger partial charge in [0, 0.05) is 50.1 Å². The van der Waals surface area contributed by atoms with Crippen molar-refractivity contribution in [1.82, 2.24) is 20.2 Å². The van der Waals surface area contributed by atoms with Crippen molar-refractivity contribution in [3.05, 3.63) is 53.1 Å². The van der Waals surface area contributed by atoms with Gasteiger partial charge in [0.2, 0.25) is 0 Å². The first-order valence-electron chi connectivity index (χ1n) is 15.2. The number of piperidine rings is 1. The number of rotatable bonds is 9. The number of likely N-dealkylation sites (tertiary alicyclic amines) is 1. The fraction of sp³-hybridized carbons (Fsp3) is 0.645. The molecule has 2 aromatic rings. The maximum atomic E-state index is 13.5. The quantitative estimate of drug-likeness (QED) is 0.430. The molecule has 1 aromatic carbocycles. The number of amides is 1. The standard InChI is InChI=1S/C31H41F3N4O5/c1-20-25(11-10-23-4-3-5-27(42-23)21-6-8-24(9-7-21)43-31(32,33)34)35-19-36-29(20)30(39)38-15-12-22(13-16-38)37-26-14-17-41-18-28(26)40-2/h6-9,19,22-23,26-28,37H,3-5,10-18H2,1-2H3/t23-,26+,27+,28-/m0/s1. The molecule has 3 saturated heterocycles. The van der Waals surface area contributed by atoms with Gasteiger partial charge in [-0.25, -0.2) is 9.97 Å². The molecule has 4 heterocycles. The number of hydrogen-bond donors (Lipinski definition) is 1. The Balaban J connectivity index is 1.12. The molecule has 5 rings (SSSR count). The van der Waals surface area contributed by atoms with E-state index in [2.05, 4.69) is 20.0 Å². The summed E-state index contributed by atoms with van der Waals surface area (Å²) in [4.78, 5) is 24.2. The monoisotopic (exact) mass is 606 g/mol. The number of nitrogens with one attached hydrogen (secondary N) is 1. The maximum Gasteiger partial charge on any atom is 0.573 e. The molecule has 43 heavy (non-hydrogen) atoms. The van der Waals surface area contributed by atoms with Gasteiger partial charge in [0.25, 0.3) is 5.91 Å². The summed E-state index contributed by atoms with van der Waals surface area (Å²) in [5.41, 5.74) is 2.91. The van der Waals surface area contributed by atoms with Gasteiger partial charge in [0.15, 0.2) is 0 Å². The first-order valence-corrected chi connectivity index (χ1v) is 15.2. The summed E-state index contributed by atoms with van der Waals surface area (Å²) in [6, 6.07) is 6.49. The van der Waals surface area contributed by atoms with Crippen LogP contribution in [0.5, 0.6) is 5.75 Å². The number of ether oxygens (including phenoxy) is 4. The first kappa shape index (κ1) is 31.6. The maximum absolute atomic E-state index is 13.5. The predicted molar refractivity (Wildman–Crippen MR) is 152 cm³/mol. The van der Waals surface area contributed by atoms with E-state index in [9.17, 15) is 18.0 Å². The highest BCUT2D eigenvalue weighted by Crippen LogP contribution is 2.34. The van der Waals surface area contributed by atoms with Crippen molar-refractivity contribution in [2.75, 3.05) is 33.4 Å². The summed E-state index contributed by atoms with van der Waals surface area (Å²) < 4.78 is 58.9. The zero-order valence-corrected chi connectivity index (χ0v) is 24.8. The molecule has 0 bridgehead atoms. The van der Waals surface area contributed by atoms with Gasteiger partial charge in [-0.3, -0.25) is 4.79 Å². The zero-order valence-electron chi connectivity index (χ0n) is 24.8. The fourth-order valence-electron chi connectivity index (χ4n) is 6.33. The summed E-state index contributed by atoms with van der Waals surface area (Å²) in [6.45, 7) is 4.57. The van der Waals surface area contributed by atoms with Crippen molar-refractivity contribution in [3.8, 4) is 5.75 Å². The van der Waals surface area contributed by atoms with E-state index in [1.165, 1.54) is 18.5 Å². The van der Waals surface area contributed by atoms with Crippen molar-refractivity contribution in [3.63, 3.8) is 0 Å². The Kier molecular flexibility index (Phi) is 10.5. The molecule has 1 amide bonds. The van der Waals surface area contributed by atoms with E-state index in [4.69, 9.17) is 14.2 Å². The third-order valence-corrected chi connectivity index (χ3v) is 8.77. The van der Waals surface area contributed by atoms with Gasteiger partial charge in [-0.05, 0) is 76.0 Å². The van der Waals surface area contributed by atoms with Crippen LogP contribution in [0.1, 0.15) is 78.4 Å². The average molecular weight is 607 g/mol. The molecule has 3 fully saturated rings. The second kappa shape index (κ2) is 14.3. The predicted octanol–water partition coefficient (Wildman–Crippen LogP) is 4.92. The number of hydrogen-bond acceptors (Lipinski definition) is 8. The van der Waals surface area contributed by atoms with Crippen LogP contribution in [0.2, 0.25) is 0 Å². The number of alkyl halides is 3. The van der Waals surface area contributed by atoms with Gasteiger partial charge in [0.1, 0.15) is 17.8 Å². The van der Waals surface area contributed by atoms with Crippen LogP contribution in [0.3, 0.4) is 0 Å². The molecule has 236 valence electrons. The van der Waals surface area contributed by atoms with Gasteiger partial charge in [-0.2, -0.15) is 0 Å². The highest BCUT2D eigenvalue weighted by Gasteiger charge is 2.33. The summed E-state index contributed by atoms with van der Waals surface area (Å²) in [7, 11) is 1.72. The van der Waals surface area contributed by atoms with Gasteiger partial charge < -0.3 is 29.2 Å². The summed E-state index contributed by atoms with van der Waals surface area (Å²) >= 11 is 0. The normalized spacial score (nSPS) is 25.5. The molecule has 1 aromatic heterocycles. The zero-order chi connectivity index (χ0) is 30.4. The number of methoxy groups -OCH3 is 1. The molecule has 12 heteroatoms. The molecule has 3 aliphatic rings. The SMILES string of the molecule is CO[C@H]1COCC[C@H]1NC1CCN(C(=O)c2ncnc(CC[C@@H]3CCC[C@H](c4ccc(OC(F)(F)F)cc4)O3)c2C)CC1. The molecule has 0 radical (unpaired) electrons. The van der Waals surface area contributed by atoms with Crippen LogP contribution in [0.25, 0.3) is 0 Å². The molecule has 0 aliphatic carbocycles. The molecule has 4 atom stereocenters. The van der Waals surface area contributed by atoms with Crippen LogP contribution < -0.4 is 10.1 Å². The number of halogens is 3. The largest absolute Gasteiger partial charge is 0.573 e. The van der Waals surface area contributed by atoms with E-state index in [-0.39, 0.29) is 36.0 Å². The van der Waals surface area contributed by atoms with Crippen LogP contribution in [-0.2, 0) is 20.6 Å². The van der Waals surface area contributed by atoms with Crippen LogP contribution in [0, 0.1) is 6.92 Å². The van der Waals surface area contributed by atoms with Gasteiger partial charge in [-0.1, -0.05) is 12.1 Å². The highest BCUT2D eigenvalue weighted by molar-refractivity contribution is 5.93. The lowest BCUT2D eigenvalue weighted by molar-refractivity contribution is -0.274. The number of aromatic nitrogens is 2. The lowest BCUT2D eigenvalue weighted by Crippen LogP contribution is -2.54. The highest BCUT2D eigenvalue weighted by atomic mass is 19.4. The Hall–Kier alpha value is -2.80. The van der Waals surface area contributed by atoms with E-state index in [0.29, 0.717) is 37.9 Å². The molecule has 1 N–H and O–H groups in total. The Morgan fingerprint density at radius 2 is 1.86 bits per heavy atom. The number of aryl methyl sites for hydroxylation is 1. The Morgan fingerprint density at radius 3 is 2.58 bits per heavy atom. The summed E-state index contributed by atoms with van der Waals surface area (Å²) in [6.07, 6.45) is 3.27. The summed E-state index contributed by atoms with van der Waals surface area (Å²) in [5, 5.41) is 3.72. The number of nitrogens with zero attached hydrogens (tertiary/aromatic N) is 3. The van der Waals surface area contributed by atoms with Crippen molar-refractivity contribution in [2.45, 2.75) is 95.0 Å². The molecular weight excluding hydrogens is 565 g/mol. The molecular formula is C31H41F3N4O5. The van der Waals surface area contributed by atoms with Crippen LogP contribution in [0.15, 0.2) is 30.6 Å². The van der Waals surface area contributed by atoms with E-state index >= 15 is 0 Å². The van der Waals surface area contributed by atoms with Crippen molar-refractivity contribution in [2.24, 2.45) is 0 Å². The lowest BCUT2D eigenvalue weighted by atomic mass is 9.95. The second-order valence-corrected chi connectivity index (χ2v) is 11.6. The Labute approximate surface area is 250 Å². The van der Waals surface area contributed by atoms with Gasteiger partial charge >= 0.3 is 6.36 Å². The smallest absolute Gasteiger partial charge is 0.406 e. The second-order valence-electron chi connectivity index (χ2n) is 11.6. The van der Waals surface area contributed by atoms with Crippen molar-refractivity contribution < 1.29 is 36.9 Å². The van der Waals surface area contributed by atoms with Crippen molar-refractivity contribution >= 4 is 5.91 Å². The van der Waals surface area contributed by atoms with E-state index in [1.807, 2.05) is 11.8 Å². The molecule has 3 aliphatic heterocycles. The third-order valence-electron chi connectivity index (χ3n) is 8.77. The minimum absolute atomic E-state index is 0.0154. The number of carbonyl (C=O) groups is 1. The van der Waals surface area contributed by atoms with Crippen LogP contribution in [-0.4, -0.2) is 84.8 Å². The van der Waals surface area contributed by atoms with Crippen molar-refractivity contribution in [1.29, 1.82) is 0 Å². The molecule has 0 unspecified atom stereocenters. The minimum Gasteiger partial charge on any atom is -0.406 e. The molecule has 0 saturated carbocycles. The first-order chi connectivity index (χ1) is 20.7. The lowest BCUT2D eigenvalue weighted by Gasteiger charge is -2.38. The van der Waals surface area contributed by atoms with E-state index in [1.54, 1.807) is 19.2 Å². The molecule has 0 spiro atoms. The third kappa shape index (κ3) is 8.43. The topological polar surface area (TPSA) is 95.0 Å². The van der Waals surface area contributed by atoms with E-state index in [0.717, 1.165) is 68.4 Å². The fourth-order valence-corrected chi connectivity index (χ4v) is 6.33. The van der Waals surface area contributed by atoms with E-state index < -0.39 is 6.36 Å². The van der Waals surface area contributed by atoms with Gasteiger partial charge in [-0.15, -0.1) is 13.2 Å². The van der Waals surface area contributed by atoms with Crippen LogP contribution in [0.4, 0.5) is 13.2 Å². The van der Waals surface area contributed by atoms with Crippen LogP contribution >= 0.6 is 0 Å². The summed E-state index contributed by atoms with van der Waals surface area (Å²) in [5.74, 6) is -0.309. The van der Waals surface area contributed by atoms with Gasteiger partial charge in [0.05, 0.1) is 24.9 Å². The minimum atomic E-state index is -4.72. The molecule has 9 nitrogen and oxygen atoms in total. The number of benzene rings is 1. The Morgan fingerprint density at radius 1 is 1.09 bits per heavy atom. The average Bonchev–Trinajstić information content (AvgIpc) is 3.01. The number of carbonyl (C=O) groups excluding carboxylic acids is 1.